The van der Waals surface area contributed by atoms with E-state index >= 15 is 0 Å². The molecule has 2 aliphatic rings. The van der Waals surface area contributed by atoms with E-state index in [1.54, 1.807) is 12.1 Å². The van der Waals surface area contributed by atoms with Crippen LogP contribution in [0.1, 0.15) is 0 Å². The van der Waals surface area contributed by atoms with Crippen molar-refractivity contribution in [2.45, 2.75) is 0 Å². The molecule has 2 aliphatic heterocycles. The average molecular weight is 137 g/mol. The Kier molecular flexibility index (Phi) is 0.943. The maximum absolute atomic E-state index is 12.6. The van der Waals surface area contributed by atoms with Crippen LogP contribution in [-0.2, 0) is 0 Å². The summed E-state index contributed by atoms with van der Waals surface area (Å²) in [5, 5.41) is 0. The van der Waals surface area contributed by atoms with E-state index in [-0.39, 0.29) is 5.82 Å². The van der Waals surface area contributed by atoms with Gasteiger partial charge in [-0.05, 0) is 12.1 Å². The Hall–Kier alpha value is -1.45. The average Bonchev–Trinajstić information content (AvgIpc) is 2.36. The minimum Gasteiger partial charge on any atom is -0.233 e. The van der Waals surface area contributed by atoms with E-state index in [1.165, 1.54) is 12.5 Å². The molecular weight excluding hydrogens is 133 g/mol. The lowest BCUT2D eigenvalue weighted by atomic mass is 10.3. The third-order valence-corrected chi connectivity index (χ3v) is 1.28. The fraction of sp³-hybridized carbons (Fsp3) is 0. The standard InChI is InChI=1S/C6H4FN3/c7-10-3-1-2-5-6(10)9-4-8-5/h1-4H. The van der Waals surface area contributed by atoms with Gasteiger partial charge < -0.3 is 0 Å². The molecule has 0 bridgehead atoms. The van der Waals surface area contributed by atoms with E-state index in [0.29, 0.717) is 10.5 Å². The van der Waals surface area contributed by atoms with Crippen molar-refractivity contribution in [2.24, 2.45) is 0 Å². The predicted octanol–water partition coefficient (Wildman–Crippen LogP) is 1.12. The first-order chi connectivity index (χ1) is 4.88. The number of hydrogen-bond acceptors (Lipinski definition) is 2. The van der Waals surface area contributed by atoms with Gasteiger partial charge in [0, 0.05) is 6.20 Å². The topological polar surface area (TPSA) is 30.7 Å². The van der Waals surface area contributed by atoms with Gasteiger partial charge in [0.25, 0.3) is 0 Å². The lowest BCUT2D eigenvalue weighted by Crippen LogP contribution is -1.90. The molecule has 0 radical (unpaired) electrons. The number of imidazole rings is 1. The lowest BCUT2D eigenvalue weighted by molar-refractivity contribution is 0.368. The minimum absolute atomic E-state index is 0.266. The maximum Gasteiger partial charge on any atom is 0.189 e. The van der Waals surface area contributed by atoms with Gasteiger partial charge in [-0.3, -0.25) is 0 Å². The molecule has 0 fully saturated rings. The van der Waals surface area contributed by atoms with Gasteiger partial charge in [0.05, 0.1) is 0 Å². The van der Waals surface area contributed by atoms with Crippen LogP contribution in [0.25, 0.3) is 11.5 Å². The summed E-state index contributed by atoms with van der Waals surface area (Å²) in [7, 11) is 0. The van der Waals surface area contributed by atoms with E-state index in [4.69, 9.17) is 0 Å². The van der Waals surface area contributed by atoms with Crippen LogP contribution in [0.5, 0.6) is 0 Å². The molecule has 2 heterocycles. The molecule has 0 saturated heterocycles. The van der Waals surface area contributed by atoms with Crippen LogP contribution >= 0.6 is 0 Å². The fourth-order valence-corrected chi connectivity index (χ4v) is 0.832. The van der Waals surface area contributed by atoms with Crippen molar-refractivity contribution in [3.63, 3.8) is 0 Å². The lowest BCUT2D eigenvalue weighted by Gasteiger charge is -1.96. The van der Waals surface area contributed by atoms with Crippen molar-refractivity contribution in [3.8, 4) is 11.5 Å². The molecule has 50 valence electrons. The first-order valence-electron chi connectivity index (χ1n) is 2.82. The highest BCUT2D eigenvalue weighted by atomic mass is 19.2. The second-order valence-electron chi connectivity index (χ2n) is 1.90. The summed E-state index contributed by atoms with van der Waals surface area (Å²) in [6.45, 7) is 0. The second-order valence-corrected chi connectivity index (χ2v) is 1.90. The monoisotopic (exact) mass is 137 g/mol. The van der Waals surface area contributed by atoms with Gasteiger partial charge in [-0.25, -0.2) is 9.97 Å². The highest BCUT2D eigenvalue weighted by Gasteiger charge is 2.06. The third kappa shape index (κ3) is 0.586. The summed E-state index contributed by atoms with van der Waals surface area (Å²) in [6.07, 6.45) is 2.62. The van der Waals surface area contributed by atoms with Gasteiger partial charge in [0.1, 0.15) is 12.0 Å². The Bertz CT molecular complexity index is 317. The van der Waals surface area contributed by atoms with Crippen molar-refractivity contribution in [3.05, 3.63) is 24.7 Å². The SMILES string of the molecule is Fn1cccc2ncnc1-2. The van der Waals surface area contributed by atoms with E-state index in [2.05, 4.69) is 9.97 Å². The van der Waals surface area contributed by atoms with Crippen LogP contribution in [-0.4, -0.2) is 14.8 Å². The molecule has 0 aliphatic carbocycles. The van der Waals surface area contributed by atoms with E-state index < -0.39 is 0 Å². The van der Waals surface area contributed by atoms with Crippen molar-refractivity contribution in [2.75, 3.05) is 0 Å². The predicted molar refractivity (Wildman–Crippen MR) is 33.1 cm³/mol. The summed E-state index contributed by atoms with van der Waals surface area (Å²) in [4.78, 5) is 7.95. The van der Waals surface area contributed by atoms with Gasteiger partial charge in [-0.15, -0.1) is 0 Å². The van der Waals surface area contributed by atoms with Crippen molar-refractivity contribution < 1.29 is 4.48 Å². The molecule has 0 spiro atoms. The zero-order valence-corrected chi connectivity index (χ0v) is 5.03. The largest absolute Gasteiger partial charge is 0.233 e. The van der Waals surface area contributed by atoms with Crippen molar-refractivity contribution >= 4 is 0 Å². The molecule has 2 rings (SSSR count). The smallest absolute Gasteiger partial charge is 0.189 e. The van der Waals surface area contributed by atoms with Gasteiger partial charge in [0.15, 0.2) is 5.82 Å². The van der Waals surface area contributed by atoms with Gasteiger partial charge in [-0.2, -0.15) is 4.79 Å². The zero-order chi connectivity index (χ0) is 6.97. The number of rotatable bonds is 0. The molecular formula is C6H4FN3. The van der Waals surface area contributed by atoms with Crippen LogP contribution in [0.3, 0.4) is 0 Å². The molecule has 0 aromatic heterocycles. The Labute approximate surface area is 56.4 Å². The molecule has 4 heteroatoms. The summed E-state index contributed by atoms with van der Waals surface area (Å²) in [5.41, 5.74) is 0.574. The molecule has 0 N–H and O–H groups in total. The van der Waals surface area contributed by atoms with Crippen molar-refractivity contribution in [1.82, 2.24) is 14.8 Å². The molecule has 0 aromatic carbocycles. The first-order valence-corrected chi connectivity index (χ1v) is 2.82. The minimum atomic E-state index is 0.266. The fourth-order valence-electron chi connectivity index (χ4n) is 0.832. The number of hydrogen-bond donors (Lipinski definition) is 0. The van der Waals surface area contributed by atoms with Crippen LogP contribution in [0.15, 0.2) is 24.7 Å². The number of fused-ring (bicyclic) bond motifs is 1. The summed E-state index contributed by atoms with van der Waals surface area (Å²) in [6, 6.07) is 3.29. The molecule has 0 unspecified atom stereocenters. The van der Waals surface area contributed by atoms with Gasteiger partial charge in [-0.1, -0.05) is 4.48 Å². The highest BCUT2D eigenvalue weighted by Crippen LogP contribution is 2.14. The van der Waals surface area contributed by atoms with Gasteiger partial charge in [0.2, 0.25) is 0 Å². The van der Waals surface area contributed by atoms with E-state index in [9.17, 15) is 4.48 Å². The molecule has 10 heavy (non-hydrogen) atoms. The summed E-state index contributed by atoms with van der Waals surface area (Å²) >= 11 is 0. The highest BCUT2D eigenvalue weighted by molar-refractivity contribution is 5.49. The number of nitrogens with zero attached hydrogens (tertiary/aromatic N) is 3. The number of pyridine rings is 1. The van der Waals surface area contributed by atoms with E-state index in [1.807, 2.05) is 0 Å². The Morgan fingerprint density at radius 3 is 3.10 bits per heavy atom. The van der Waals surface area contributed by atoms with Crippen LogP contribution < -0.4 is 0 Å². The second kappa shape index (κ2) is 1.76. The molecule has 3 nitrogen and oxygen atoms in total. The molecule has 0 atom stereocenters. The Morgan fingerprint density at radius 2 is 2.30 bits per heavy atom. The number of aromatic nitrogens is 3. The van der Waals surface area contributed by atoms with Gasteiger partial charge >= 0.3 is 0 Å². The normalized spacial score (nSPS) is 10.5. The summed E-state index contributed by atoms with van der Waals surface area (Å²) in [5.74, 6) is 0.266. The summed E-state index contributed by atoms with van der Waals surface area (Å²) < 4.78 is 12.6. The molecule has 0 saturated carbocycles. The van der Waals surface area contributed by atoms with Crippen LogP contribution in [0.2, 0.25) is 0 Å². The third-order valence-electron chi connectivity index (χ3n) is 1.28. The quantitative estimate of drug-likeness (QED) is 0.544. The maximum atomic E-state index is 12.6. The van der Waals surface area contributed by atoms with Crippen LogP contribution in [0.4, 0.5) is 4.48 Å². The molecule has 0 aromatic rings. The van der Waals surface area contributed by atoms with E-state index in [0.717, 1.165) is 0 Å². The number of halogens is 1. The Balaban J connectivity index is 2.80. The Morgan fingerprint density at radius 1 is 1.40 bits per heavy atom. The molecule has 0 amide bonds. The van der Waals surface area contributed by atoms with Crippen molar-refractivity contribution in [1.29, 1.82) is 0 Å². The van der Waals surface area contributed by atoms with Crippen LogP contribution in [0, 0.1) is 0 Å². The zero-order valence-electron chi connectivity index (χ0n) is 5.03. The first kappa shape index (κ1) is 5.34.